The SMILES string of the molecule is CSc1nc(C)c(CCC(=O)NNC(=O)COc2ccccc2C)c(C)n1. The van der Waals surface area contributed by atoms with Gasteiger partial charge in [-0.05, 0) is 50.6 Å². The lowest BCUT2D eigenvalue weighted by molar-refractivity contribution is -0.130. The highest BCUT2D eigenvalue weighted by Crippen LogP contribution is 2.17. The second-order valence-corrected chi connectivity index (χ2v) is 6.78. The van der Waals surface area contributed by atoms with E-state index in [9.17, 15) is 9.59 Å². The molecule has 8 heteroatoms. The van der Waals surface area contributed by atoms with Crippen LogP contribution in [0.25, 0.3) is 0 Å². The fourth-order valence-electron chi connectivity index (χ4n) is 2.50. The van der Waals surface area contributed by atoms with Crippen LogP contribution in [0.2, 0.25) is 0 Å². The summed E-state index contributed by atoms with van der Waals surface area (Å²) in [6, 6.07) is 7.41. The lowest BCUT2D eigenvalue weighted by Gasteiger charge is -2.11. The largest absolute Gasteiger partial charge is 0.483 e. The number of amides is 2. The number of carbonyl (C=O) groups is 2. The van der Waals surface area contributed by atoms with Gasteiger partial charge in [-0.1, -0.05) is 30.0 Å². The van der Waals surface area contributed by atoms with Crippen molar-refractivity contribution in [3.05, 3.63) is 46.8 Å². The molecule has 2 rings (SSSR count). The van der Waals surface area contributed by atoms with Crippen LogP contribution in [0.1, 0.15) is 28.9 Å². The standard InChI is InChI=1S/C19H24N4O3S/c1-12-7-5-6-8-16(12)26-11-18(25)23-22-17(24)10-9-15-13(2)20-19(27-4)21-14(15)3/h5-8H,9-11H2,1-4H3,(H,22,24)(H,23,25). The van der Waals surface area contributed by atoms with Crippen LogP contribution in [0, 0.1) is 20.8 Å². The number of hydrogen-bond donors (Lipinski definition) is 2. The average Bonchev–Trinajstić information content (AvgIpc) is 2.64. The van der Waals surface area contributed by atoms with E-state index in [2.05, 4.69) is 20.8 Å². The van der Waals surface area contributed by atoms with Gasteiger partial charge in [0.25, 0.3) is 5.91 Å². The minimum atomic E-state index is -0.424. The Morgan fingerprint density at radius 1 is 1.04 bits per heavy atom. The van der Waals surface area contributed by atoms with Crippen molar-refractivity contribution in [1.82, 2.24) is 20.8 Å². The summed E-state index contributed by atoms with van der Waals surface area (Å²) < 4.78 is 5.43. The number of aryl methyl sites for hydroxylation is 3. The van der Waals surface area contributed by atoms with E-state index in [0.717, 1.165) is 27.7 Å². The number of thioether (sulfide) groups is 1. The second-order valence-electron chi connectivity index (χ2n) is 6.01. The summed E-state index contributed by atoms with van der Waals surface area (Å²) in [7, 11) is 0. The molecule has 0 unspecified atom stereocenters. The predicted octanol–water partition coefficient (Wildman–Crippen LogP) is 2.28. The number of ether oxygens (including phenoxy) is 1. The van der Waals surface area contributed by atoms with E-state index in [0.29, 0.717) is 12.2 Å². The van der Waals surface area contributed by atoms with Crippen LogP contribution in [0.5, 0.6) is 5.75 Å². The zero-order valence-corrected chi connectivity index (χ0v) is 16.8. The van der Waals surface area contributed by atoms with Crippen molar-refractivity contribution in [1.29, 1.82) is 0 Å². The fourth-order valence-corrected chi connectivity index (χ4v) is 2.96. The highest BCUT2D eigenvalue weighted by atomic mass is 32.2. The molecule has 1 heterocycles. The summed E-state index contributed by atoms with van der Waals surface area (Å²) in [4.78, 5) is 32.6. The number of para-hydroxylation sites is 1. The molecule has 0 bridgehead atoms. The maximum absolute atomic E-state index is 12.0. The van der Waals surface area contributed by atoms with Gasteiger partial charge in [-0.25, -0.2) is 9.97 Å². The van der Waals surface area contributed by atoms with E-state index < -0.39 is 5.91 Å². The van der Waals surface area contributed by atoms with E-state index in [4.69, 9.17) is 4.74 Å². The van der Waals surface area contributed by atoms with E-state index in [1.165, 1.54) is 11.8 Å². The molecule has 144 valence electrons. The first-order chi connectivity index (χ1) is 12.9. The van der Waals surface area contributed by atoms with Crippen LogP contribution in [-0.2, 0) is 16.0 Å². The first-order valence-corrected chi connectivity index (χ1v) is 9.77. The molecule has 1 aromatic carbocycles. The molecule has 0 aliphatic heterocycles. The molecule has 0 fully saturated rings. The van der Waals surface area contributed by atoms with Crippen LogP contribution >= 0.6 is 11.8 Å². The molecule has 0 saturated carbocycles. The van der Waals surface area contributed by atoms with E-state index >= 15 is 0 Å². The zero-order valence-electron chi connectivity index (χ0n) is 16.0. The molecule has 0 spiro atoms. The number of hydrazine groups is 1. The predicted molar refractivity (Wildman–Crippen MR) is 105 cm³/mol. The number of benzene rings is 1. The molecule has 2 amide bonds. The molecule has 0 atom stereocenters. The number of nitrogens with one attached hydrogen (secondary N) is 2. The Morgan fingerprint density at radius 3 is 2.30 bits per heavy atom. The van der Waals surface area contributed by atoms with Gasteiger partial charge in [0.05, 0.1) is 0 Å². The summed E-state index contributed by atoms with van der Waals surface area (Å²) in [6.45, 7) is 5.54. The zero-order chi connectivity index (χ0) is 19.8. The highest BCUT2D eigenvalue weighted by molar-refractivity contribution is 7.98. The third-order valence-corrected chi connectivity index (χ3v) is 4.53. The smallest absolute Gasteiger partial charge is 0.276 e. The topological polar surface area (TPSA) is 93.2 Å². The van der Waals surface area contributed by atoms with Crippen molar-refractivity contribution >= 4 is 23.6 Å². The molecule has 27 heavy (non-hydrogen) atoms. The lowest BCUT2D eigenvalue weighted by Crippen LogP contribution is -2.44. The van der Waals surface area contributed by atoms with Gasteiger partial charge in [0, 0.05) is 17.8 Å². The van der Waals surface area contributed by atoms with Crippen LogP contribution in [0.3, 0.4) is 0 Å². The molecule has 2 N–H and O–H groups in total. The Labute approximate surface area is 163 Å². The summed E-state index contributed by atoms with van der Waals surface area (Å²) in [5.74, 6) is -0.0720. The van der Waals surface area contributed by atoms with Gasteiger partial charge in [0.1, 0.15) is 5.75 Å². The Morgan fingerprint density at radius 2 is 1.67 bits per heavy atom. The van der Waals surface area contributed by atoms with Crippen LogP contribution in [0.15, 0.2) is 29.4 Å². The van der Waals surface area contributed by atoms with Crippen molar-refractivity contribution in [2.45, 2.75) is 38.8 Å². The van der Waals surface area contributed by atoms with Crippen molar-refractivity contribution in [3.63, 3.8) is 0 Å². The normalized spacial score (nSPS) is 10.4. The summed E-state index contributed by atoms with van der Waals surface area (Å²) >= 11 is 1.48. The van der Waals surface area contributed by atoms with Gasteiger partial charge in [-0.2, -0.15) is 0 Å². The lowest BCUT2D eigenvalue weighted by atomic mass is 10.1. The average molecular weight is 388 g/mol. The molecule has 0 aliphatic carbocycles. The third kappa shape index (κ3) is 6.25. The maximum Gasteiger partial charge on any atom is 0.276 e. The summed E-state index contributed by atoms with van der Waals surface area (Å²) in [5.41, 5.74) is 8.40. The first-order valence-electron chi connectivity index (χ1n) is 8.55. The highest BCUT2D eigenvalue weighted by Gasteiger charge is 2.11. The monoisotopic (exact) mass is 388 g/mol. The number of rotatable bonds is 7. The Bertz CT molecular complexity index is 803. The van der Waals surface area contributed by atoms with Crippen LogP contribution in [-0.4, -0.2) is 34.6 Å². The van der Waals surface area contributed by atoms with Crippen molar-refractivity contribution in [2.24, 2.45) is 0 Å². The maximum atomic E-state index is 12.0. The van der Waals surface area contributed by atoms with Gasteiger partial charge in [0.2, 0.25) is 5.91 Å². The minimum Gasteiger partial charge on any atom is -0.483 e. The molecule has 1 aromatic heterocycles. The Hall–Kier alpha value is -2.61. The van der Waals surface area contributed by atoms with Gasteiger partial charge < -0.3 is 4.74 Å². The molecular weight excluding hydrogens is 364 g/mol. The molecule has 2 aromatic rings. The van der Waals surface area contributed by atoms with E-state index in [1.807, 2.05) is 45.2 Å². The first kappa shape index (κ1) is 20.7. The Kier molecular flexibility index (Phi) is 7.60. The van der Waals surface area contributed by atoms with Crippen LogP contribution < -0.4 is 15.6 Å². The quantitative estimate of drug-likeness (QED) is 0.429. The molecule has 7 nitrogen and oxygen atoms in total. The van der Waals surface area contributed by atoms with Gasteiger partial charge in [-0.3, -0.25) is 20.4 Å². The van der Waals surface area contributed by atoms with E-state index in [1.54, 1.807) is 6.07 Å². The van der Waals surface area contributed by atoms with Crippen molar-refractivity contribution in [2.75, 3.05) is 12.9 Å². The molecule has 0 saturated heterocycles. The fraction of sp³-hybridized carbons (Fsp3) is 0.368. The minimum absolute atomic E-state index is 0.173. The summed E-state index contributed by atoms with van der Waals surface area (Å²) in [6.07, 6.45) is 2.66. The van der Waals surface area contributed by atoms with Crippen LogP contribution in [0.4, 0.5) is 0 Å². The van der Waals surface area contributed by atoms with Gasteiger partial charge >= 0.3 is 0 Å². The number of hydrogen-bond acceptors (Lipinski definition) is 6. The molecule has 0 aliphatic rings. The number of carbonyl (C=O) groups excluding carboxylic acids is 2. The molecule has 0 radical (unpaired) electrons. The number of aromatic nitrogens is 2. The Balaban J connectivity index is 1.76. The second kappa shape index (κ2) is 9.91. The van der Waals surface area contributed by atoms with Gasteiger partial charge in [0.15, 0.2) is 11.8 Å². The third-order valence-electron chi connectivity index (χ3n) is 3.98. The number of nitrogens with zero attached hydrogens (tertiary/aromatic N) is 2. The van der Waals surface area contributed by atoms with Crippen molar-refractivity contribution in [3.8, 4) is 5.75 Å². The van der Waals surface area contributed by atoms with E-state index in [-0.39, 0.29) is 18.9 Å². The van der Waals surface area contributed by atoms with Gasteiger partial charge in [-0.15, -0.1) is 0 Å². The molecular formula is C19H24N4O3S. The van der Waals surface area contributed by atoms with Crippen molar-refractivity contribution < 1.29 is 14.3 Å². The summed E-state index contributed by atoms with van der Waals surface area (Å²) in [5, 5.41) is 0.721.